The van der Waals surface area contributed by atoms with E-state index in [4.69, 9.17) is 16.3 Å². The summed E-state index contributed by atoms with van der Waals surface area (Å²) in [7, 11) is 0. The zero-order valence-electron chi connectivity index (χ0n) is 17.3. The van der Waals surface area contributed by atoms with Gasteiger partial charge in [-0.15, -0.1) is 0 Å². The molecule has 1 fully saturated rings. The van der Waals surface area contributed by atoms with Gasteiger partial charge in [-0.1, -0.05) is 41.9 Å². The van der Waals surface area contributed by atoms with Gasteiger partial charge in [-0.3, -0.25) is 9.59 Å². The molecule has 2 aromatic carbocycles. The standard InChI is InChI=1S/C24H24ClN3O3/c1-17-15-21(29)22(27-28(17)20-5-3-2-4-6-20)23(30)26-16-24(11-13-31-14-12-24)18-7-9-19(25)10-8-18/h2-10,15H,11-14,16H2,1H3,(H,26,30). The van der Waals surface area contributed by atoms with Gasteiger partial charge in [-0.2, -0.15) is 5.10 Å². The van der Waals surface area contributed by atoms with Crippen molar-refractivity contribution in [3.8, 4) is 5.69 Å². The van der Waals surface area contributed by atoms with Crippen LogP contribution in [0.4, 0.5) is 0 Å². The lowest BCUT2D eigenvalue weighted by molar-refractivity contribution is 0.0486. The third kappa shape index (κ3) is 4.55. The van der Waals surface area contributed by atoms with Crippen LogP contribution in [0.1, 0.15) is 34.6 Å². The van der Waals surface area contributed by atoms with Gasteiger partial charge in [0.15, 0.2) is 5.69 Å². The van der Waals surface area contributed by atoms with Crippen LogP contribution in [0.5, 0.6) is 0 Å². The van der Waals surface area contributed by atoms with Crippen LogP contribution < -0.4 is 10.7 Å². The molecule has 0 aliphatic carbocycles. The van der Waals surface area contributed by atoms with Crippen molar-refractivity contribution in [2.24, 2.45) is 0 Å². The van der Waals surface area contributed by atoms with Crippen molar-refractivity contribution in [2.45, 2.75) is 25.2 Å². The molecule has 1 aliphatic heterocycles. The largest absolute Gasteiger partial charge is 0.381 e. The van der Waals surface area contributed by atoms with E-state index in [1.165, 1.54) is 6.07 Å². The Morgan fingerprint density at radius 3 is 2.48 bits per heavy atom. The summed E-state index contributed by atoms with van der Waals surface area (Å²) in [5.74, 6) is -0.477. The molecule has 0 bridgehead atoms. The number of halogens is 1. The number of aryl methyl sites for hydroxylation is 1. The van der Waals surface area contributed by atoms with Crippen LogP contribution in [0.3, 0.4) is 0 Å². The molecule has 4 rings (SSSR count). The van der Waals surface area contributed by atoms with Gasteiger partial charge in [-0.05, 0) is 49.6 Å². The van der Waals surface area contributed by atoms with Crippen LogP contribution in [0.2, 0.25) is 5.02 Å². The second kappa shape index (κ2) is 9.04. The Kier molecular flexibility index (Phi) is 6.20. The number of aromatic nitrogens is 2. The number of rotatable bonds is 5. The lowest BCUT2D eigenvalue weighted by atomic mass is 9.74. The number of nitrogens with one attached hydrogen (secondary N) is 1. The average molecular weight is 438 g/mol. The Balaban J connectivity index is 1.60. The van der Waals surface area contributed by atoms with E-state index < -0.39 is 11.3 Å². The van der Waals surface area contributed by atoms with Gasteiger partial charge in [0.05, 0.1) is 5.69 Å². The Morgan fingerprint density at radius 1 is 1.13 bits per heavy atom. The summed E-state index contributed by atoms with van der Waals surface area (Å²) >= 11 is 6.06. The van der Waals surface area contributed by atoms with Crippen molar-refractivity contribution < 1.29 is 9.53 Å². The van der Waals surface area contributed by atoms with Crippen LogP contribution >= 0.6 is 11.6 Å². The highest BCUT2D eigenvalue weighted by Gasteiger charge is 2.35. The van der Waals surface area contributed by atoms with E-state index in [9.17, 15) is 9.59 Å². The predicted molar refractivity (Wildman–Crippen MR) is 120 cm³/mol. The summed E-state index contributed by atoms with van der Waals surface area (Å²) in [5.41, 5.74) is 1.76. The number of para-hydroxylation sites is 1. The van der Waals surface area contributed by atoms with E-state index >= 15 is 0 Å². The fraction of sp³-hybridized carbons (Fsp3) is 0.292. The maximum absolute atomic E-state index is 13.0. The minimum atomic E-state index is -0.477. The summed E-state index contributed by atoms with van der Waals surface area (Å²) < 4.78 is 7.16. The van der Waals surface area contributed by atoms with Crippen molar-refractivity contribution in [2.75, 3.05) is 19.8 Å². The molecule has 31 heavy (non-hydrogen) atoms. The number of ether oxygens (including phenoxy) is 1. The van der Waals surface area contributed by atoms with Crippen molar-refractivity contribution in [3.05, 3.63) is 92.9 Å². The maximum atomic E-state index is 13.0. The number of nitrogens with zero attached hydrogens (tertiary/aromatic N) is 2. The first-order valence-corrected chi connectivity index (χ1v) is 10.6. The van der Waals surface area contributed by atoms with Crippen LogP contribution in [-0.2, 0) is 10.2 Å². The zero-order valence-corrected chi connectivity index (χ0v) is 18.1. The van der Waals surface area contributed by atoms with Crippen LogP contribution in [-0.4, -0.2) is 35.4 Å². The highest BCUT2D eigenvalue weighted by atomic mass is 35.5. The van der Waals surface area contributed by atoms with Crippen molar-refractivity contribution in [1.82, 2.24) is 15.1 Å². The number of hydrogen-bond acceptors (Lipinski definition) is 4. The Hall–Kier alpha value is -2.96. The highest BCUT2D eigenvalue weighted by Crippen LogP contribution is 2.35. The van der Waals surface area contributed by atoms with E-state index in [1.54, 1.807) is 11.6 Å². The molecule has 6 nitrogen and oxygen atoms in total. The molecule has 0 unspecified atom stereocenters. The number of carbonyl (C=O) groups excluding carboxylic acids is 1. The normalized spacial score (nSPS) is 15.4. The molecule has 0 radical (unpaired) electrons. The predicted octanol–water partition coefficient (Wildman–Crippen LogP) is 3.67. The molecule has 0 spiro atoms. The Morgan fingerprint density at radius 2 is 1.81 bits per heavy atom. The van der Waals surface area contributed by atoms with Gasteiger partial charge in [0, 0.05) is 42.0 Å². The quantitative estimate of drug-likeness (QED) is 0.661. The molecule has 3 aromatic rings. The fourth-order valence-corrected chi connectivity index (χ4v) is 4.13. The van der Waals surface area contributed by atoms with Gasteiger partial charge < -0.3 is 10.1 Å². The Bertz CT molecular complexity index is 1120. The minimum Gasteiger partial charge on any atom is -0.381 e. The van der Waals surface area contributed by atoms with Crippen molar-refractivity contribution in [3.63, 3.8) is 0 Å². The highest BCUT2D eigenvalue weighted by molar-refractivity contribution is 6.30. The average Bonchev–Trinajstić information content (AvgIpc) is 2.79. The van der Waals surface area contributed by atoms with Gasteiger partial charge in [0.1, 0.15) is 0 Å². The van der Waals surface area contributed by atoms with Gasteiger partial charge in [0.25, 0.3) is 5.91 Å². The minimum absolute atomic E-state index is 0.118. The van der Waals surface area contributed by atoms with Crippen LogP contribution in [0.15, 0.2) is 65.5 Å². The molecule has 1 N–H and O–H groups in total. The third-order valence-electron chi connectivity index (χ3n) is 5.82. The number of benzene rings is 2. The maximum Gasteiger partial charge on any atom is 0.275 e. The second-order valence-corrected chi connectivity index (χ2v) is 8.26. The lowest BCUT2D eigenvalue weighted by Gasteiger charge is -2.38. The monoisotopic (exact) mass is 437 g/mol. The molecule has 1 aliphatic rings. The SMILES string of the molecule is Cc1cc(=O)c(C(=O)NCC2(c3ccc(Cl)cc3)CCOCC2)nn1-c1ccccc1. The van der Waals surface area contributed by atoms with Crippen molar-refractivity contribution in [1.29, 1.82) is 0 Å². The molecule has 1 saturated heterocycles. The number of carbonyl (C=O) groups is 1. The molecular weight excluding hydrogens is 414 g/mol. The molecule has 1 aromatic heterocycles. The fourth-order valence-electron chi connectivity index (χ4n) is 4.00. The first-order chi connectivity index (χ1) is 15.0. The summed E-state index contributed by atoms with van der Waals surface area (Å²) in [4.78, 5) is 25.5. The number of hydrogen-bond donors (Lipinski definition) is 1. The summed E-state index contributed by atoms with van der Waals surface area (Å²) in [5, 5.41) is 7.99. The first-order valence-electron chi connectivity index (χ1n) is 10.3. The van der Waals surface area contributed by atoms with E-state index in [-0.39, 0.29) is 11.1 Å². The summed E-state index contributed by atoms with van der Waals surface area (Å²) in [6.07, 6.45) is 1.54. The zero-order chi connectivity index (χ0) is 21.8. The van der Waals surface area contributed by atoms with Gasteiger partial charge >= 0.3 is 0 Å². The lowest BCUT2D eigenvalue weighted by Crippen LogP contribution is -2.45. The van der Waals surface area contributed by atoms with Crippen molar-refractivity contribution >= 4 is 17.5 Å². The first kappa shape index (κ1) is 21.3. The third-order valence-corrected chi connectivity index (χ3v) is 6.07. The molecule has 7 heteroatoms. The second-order valence-electron chi connectivity index (χ2n) is 7.83. The molecule has 2 heterocycles. The van der Waals surface area contributed by atoms with Crippen LogP contribution in [0.25, 0.3) is 5.69 Å². The molecule has 0 saturated carbocycles. The van der Waals surface area contributed by atoms with E-state index in [0.717, 1.165) is 24.1 Å². The number of amides is 1. The van der Waals surface area contributed by atoms with E-state index in [1.807, 2.05) is 54.6 Å². The topological polar surface area (TPSA) is 73.2 Å². The van der Waals surface area contributed by atoms with E-state index in [0.29, 0.717) is 30.5 Å². The molecule has 160 valence electrons. The smallest absolute Gasteiger partial charge is 0.275 e. The molecule has 0 atom stereocenters. The Labute approximate surface area is 185 Å². The van der Waals surface area contributed by atoms with Crippen LogP contribution in [0, 0.1) is 6.92 Å². The van der Waals surface area contributed by atoms with E-state index in [2.05, 4.69) is 10.4 Å². The summed E-state index contributed by atoms with van der Waals surface area (Å²) in [6.45, 7) is 3.40. The van der Waals surface area contributed by atoms with Gasteiger partial charge in [-0.25, -0.2) is 4.68 Å². The van der Waals surface area contributed by atoms with Gasteiger partial charge in [0.2, 0.25) is 5.43 Å². The molecular formula is C24H24ClN3O3. The molecule has 1 amide bonds. The summed E-state index contributed by atoms with van der Waals surface area (Å²) in [6, 6.07) is 18.6.